The minimum Gasteiger partial charge on any atom is -0.247 e. The molecule has 0 aliphatic rings. The molecule has 0 aliphatic carbocycles. The Morgan fingerprint density at radius 2 is 1.38 bits per heavy atom. The maximum Gasteiger partial charge on any atom is 0.0823 e. The SMILES string of the molecule is Cc1cc(C)cc(-c2ccc3sc(-c4c(C(C)C)cccc4C(C)C)cc3n2)c1. The van der Waals surface area contributed by atoms with Crippen LogP contribution in [0.2, 0.25) is 0 Å². The molecule has 0 radical (unpaired) electrons. The van der Waals surface area contributed by atoms with Crippen molar-refractivity contribution in [2.24, 2.45) is 0 Å². The Hall–Kier alpha value is -2.45. The standard InChI is InChI=1S/C27H29NS/c1-16(2)21-8-7-9-22(17(3)4)27(21)26-15-24-25(29-26)11-10-23(28-24)20-13-18(5)12-19(6)14-20/h7-17H,1-6H3. The first-order valence-electron chi connectivity index (χ1n) is 10.5. The summed E-state index contributed by atoms with van der Waals surface area (Å²) in [6, 6.07) is 20.1. The molecule has 148 valence electrons. The highest BCUT2D eigenvalue weighted by atomic mass is 32.1. The van der Waals surface area contributed by atoms with E-state index in [9.17, 15) is 0 Å². The van der Waals surface area contributed by atoms with Crippen molar-refractivity contribution in [3.63, 3.8) is 0 Å². The van der Waals surface area contributed by atoms with E-state index >= 15 is 0 Å². The highest BCUT2D eigenvalue weighted by molar-refractivity contribution is 7.22. The van der Waals surface area contributed by atoms with Gasteiger partial charge in [0.2, 0.25) is 0 Å². The van der Waals surface area contributed by atoms with E-state index in [1.807, 2.05) is 11.3 Å². The van der Waals surface area contributed by atoms with Crippen LogP contribution in [0, 0.1) is 13.8 Å². The molecule has 4 aromatic rings. The van der Waals surface area contributed by atoms with Crippen LogP contribution in [0.5, 0.6) is 0 Å². The fraction of sp³-hybridized carbons (Fsp3) is 0.296. The lowest BCUT2D eigenvalue weighted by molar-refractivity contribution is 0.839. The number of rotatable bonds is 4. The van der Waals surface area contributed by atoms with Gasteiger partial charge >= 0.3 is 0 Å². The number of aryl methyl sites for hydroxylation is 2. The van der Waals surface area contributed by atoms with Gasteiger partial charge in [-0.15, -0.1) is 11.3 Å². The molecular formula is C27H29NS. The number of pyridine rings is 1. The van der Waals surface area contributed by atoms with Gasteiger partial charge in [0.15, 0.2) is 0 Å². The highest BCUT2D eigenvalue weighted by Gasteiger charge is 2.18. The minimum atomic E-state index is 0.493. The predicted molar refractivity (Wildman–Crippen MR) is 128 cm³/mol. The summed E-state index contributed by atoms with van der Waals surface area (Å²) in [5.41, 5.74) is 10.2. The van der Waals surface area contributed by atoms with Gasteiger partial charge in [-0.05, 0) is 72.7 Å². The summed E-state index contributed by atoms with van der Waals surface area (Å²) < 4.78 is 1.25. The van der Waals surface area contributed by atoms with Crippen molar-refractivity contribution >= 4 is 21.6 Å². The smallest absolute Gasteiger partial charge is 0.0823 e. The lowest BCUT2D eigenvalue weighted by Gasteiger charge is -2.18. The van der Waals surface area contributed by atoms with Crippen molar-refractivity contribution in [1.82, 2.24) is 4.98 Å². The first-order chi connectivity index (χ1) is 13.8. The third-order valence-electron chi connectivity index (χ3n) is 5.51. The average molecular weight is 400 g/mol. The summed E-state index contributed by atoms with van der Waals surface area (Å²) >= 11 is 1.86. The van der Waals surface area contributed by atoms with Crippen molar-refractivity contribution in [2.45, 2.75) is 53.4 Å². The Bertz CT molecular complexity index is 1130. The van der Waals surface area contributed by atoms with E-state index in [1.165, 1.54) is 43.0 Å². The number of fused-ring (bicyclic) bond motifs is 1. The Balaban J connectivity index is 1.88. The molecule has 4 rings (SSSR count). The molecule has 0 saturated heterocycles. The molecule has 2 aromatic carbocycles. The second kappa shape index (κ2) is 7.76. The fourth-order valence-corrected chi connectivity index (χ4v) is 5.26. The lowest BCUT2D eigenvalue weighted by atomic mass is 9.88. The summed E-state index contributed by atoms with van der Waals surface area (Å²) in [6.45, 7) is 13.4. The summed E-state index contributed by atoms with van der Waals surface area (Å²) in [7, 11) is 0. The number of hydrogen-bond acceptors (Lipinski definition) is 2. The second-order valence-corrected chi connectivity index (χ2v) is 9.77. The van der Waals surface area contributed by atoms with Crippen LogP contribution < -0.4 is 0 Å². The monoisotopic (exact) mass is 399 g/mol. The zero-order chi connectivity index (χ0) is 20.7. The molecular weight excluding hydrogens is 370 g/mol. The van der Waals surface area contributed by atoms with Crippen LogP contribution in [0.25, 0.3) is 31.9 Å². The molecule has 0 unspecified atom stereocenters. The molecule has 0 spiro atoms. The number of aromatic nitrogens is 1. The van der Waals surface area contributed by atoms with E-state index in [4.69, 9.17) is 4.98 Å². The molecule has 2 heteroatoms. The van der Waals surface area contributed by atoms with Crippen LogP contribution in [-0.4, -0.2) is 4.98 Å². The van der Waals surface area contributed by atoms with Gasteiger partial charge in [0.05, 0.1) is 15.9 Å². The number of thiophene rings is 1. The Labute approximate surface area is 178 Å². The summed E-state index contributed by atoms with van der Waals surface area (Å²) in [4.78, 5) is 6.36. The van der Waals surface area contributed by atoms with E-state index < -0.39 is 0 Å². The molecule has 2 heterocycles. The largest absolute Gasteiger partial charge is 0.247 e. The van der Waals surface area contributed by atoms with E-state index in [-0.39, 0.29) is 0 Å². The van der Waals surface area contributed by atoms with E-state index in [2.05, 4.69) is 96.1 Å². The quantitative estimate of drug-likeness (QED) is 0.335. The average Bonchev–Trinajstić information content (AvgIpc) is 3.09. The molecule has 0 atom stereocenters. The number of hydrogen-bond donors (Lipinski definition) is 0. The minimum absolute atomic E-state index is 0.493. The van der Waals surface area contributed by atoms with Gasteiger partial charge in [-0.25, -0.2) is 4.98 Å². The van der Waals surface area contributed by atoms with Crippen molar-refractivity contribution < 1.29 is 0 Å². The molecule has 0 aliphatic heterocycles. The zero-order valence-corrected chi connectivity index (χ0v) is 19.0. The third-order valence-corrected chi connectivity index (χ3v) is 6.62. The molecule has 0 bridgehead atoms. The van der Waals surface area contributed by atoms with Crippen LogP contribution in [0.3, 0.4) is 0 Å². The Morgan fingerprint density at radius 1 is 0.759 bits per heavy atom. The van der Waals surface area contributed by atoms with Crippen molar-refractivity contribution in [3.05, 3.63) is 76.9 Å². The molecule has 0 fully saturated rings. The van der Waals surface area contributed by atoms with Gasteiger partial charge in [0.1, 0.15) is 0 Å². The molecule has 0 saturated carbocycles. The van der Waals surface area contributed by atoms with Gasteiger partial charge in [-0.1, -0.05) is 63.1 Å². The Morgan fingerprint density at radius 3 is 1.97 bits per heavy atom. The maximum atomic E-state index is 5.03. The third kappa shape index (κ3) is 3.86. The summed E-state index contributed by atoms with van der Waals surface area (Å²) in [6.07, 6.45) is 0. The first-order valence-corrected chi connectivity index (χ1v) is 11.3. The van der Waals surface area contributed by atoms with Gasteiger partial charge in [-0.2, -0.15) is 0 Å². The molecule has 0 amide bonds. The van der Waals surface area contributed by atoms with Crippen LogP contribution in [0.15, 0.2) is 54.6 Å². The lowest BCUT2D eigenvalue weighted by Crippen LogP contribution is -1.98. The highest BCUT2D eigenvalue weighted by Crippen LogP contribution is 2.41. The maximum absolute atomic E-state index is 5.03. The number of nitrogens with zero attached hydrogens (tertiary/aromatic N) is 1. The van der Waals surface area contributed by atoms with Crippen LogP contribution in [0.4, 0.5) is 0 Å². The van der Waals surface area contributed by atoms with E-state index in [0.717, 1.165) is 11.2 Å². The second-order valence-electron chi connectivity index (χ2n) is 8.69. The molecule has 2 aromatic heterocycles. The van der Waals surface area contributed by atoms with Crippen molar-refractivity contribution in [2.75, 3.05) is 0 Å². The van der Waals surface area contributed by atoms with E-state index in [0.29, 0.717) is 11.8 Å². The van der Waals surface area contributed by atoms with Crippen LogP contribution in [0.1, 0.15) is 61.8 Å². The van der Waals surface area contributed by atoms with Gasteiger partial charge in [0, 0.05) is 10.4 Å². The number of benzene rings is 2. The summed E-state index contributed by atoms with van der Waals surface area (Å²) in [5, 5.41) is 0. The van der Waals surface area contributed by atoms with Gasteiger partial charge in [0.25, 0.3) is 0 Å². The zero-order valence-electron chi connectivity index (χ0n) is 18.2. The normalized spacial score (nSPS) is 11.7. The van der Waals surface area contributed by atoms with Crippen LogP contribution in [-0.2, 0) is 0 Å². The summed E-state index contributed by atoms with van der Waals surface area (Å²) in [5.74, 6) is 0.986. The van der Waals surface area contributed by atoms with Gasteiger partial charge in [-0.3, -0.25) is 0 Å². The molecule has 0 N–H and O–H groups in total. The van der Waals surface area contributed by atoms with E-state index in [1.54, 1.807) is 0 Å². The first kappa shape index (κ1) is 19.8. The van der Waals surface area contributed by atoms with Crippen molar-refractivity contribution in [3.8, 4) is 21.7 Å². The fourth-order valence-electron chi connectivity index (χ4n) is 4.17. The molecule has 1 nitrogen and oxygen atoms in total. The molecule has 29 heavy (non-hydrogen) atoms. The van der Waals surface area contributed by atoms with Crippen molar-refractivity contribution in [1.29, 1.82) is 0 Å². The Kier molecular flexibility index (Phi) is 5.31. The van der Waals surface area contributed by atoms with Crippen LogP contribution >= 0.6 is 11.3 Å². The predicted octanol–water partition coefficient (Wildman–Crippen LogP) is 8.49. The topological polar surface area (TPSA) is 12.9 Å². The van der Waals surface area contributed by atoms with Gasteiger partial charge < -0.3 is 0 Å².